The highest BCUT2D eigenvalue weighted by Gasteiger charge is 2.48. The lowest BCUT2D eigenvalue weighted by atomic mass is 9.54. The van der Waals surface area contributed by atoms with E-state index in [1.807, 2.05) is 0 Å². The molecule has 4 aliphatic rings. The number of carboxylic acid groups (broad SMARTS) is 1. The van der Waals surface area contributed by atoms with Crippen LogP contribution >= 0.6 is 0 Å². The number of pyridine rings is 1. The first-order chi connectivity index (χ1) is 9.70. The van der Waals surface area contributed by atoms with Crippen molar-refractivity contribution in [2.75, 3.05) is 5.32 Å². The lowest BCUT2D eigenvalue weighted by Gasteiger charge is -2.54. The molecule has 20 heavy (non-hydrogen) atoms. The molecular weight excluding hydrogens is 252 g/mol. The largest absolute Gasteiger partial charge is 0.478 e. The molecule has 0 spiro atoms. The molecule has 0 unspecified atom stereocenters. The average molecular weight is 272 g/mol. The summed E-state index contributed by atoms with van der Waals surface area (Å²) in [5.74, 6) is 2.45. The number of nitrogens with zero attached hydrogens (tertiary/aromatic N) is 1. The van der Waals surface area contributed by atoms with Gasteiger partial charge in [-0.05, 0) is 61.8 Å². The second kappa shape index (κ2) is 4.47. The molecule has 0 aromatic carbocycles. The first-order valence-corrected chi connectivity index (χ1v) is 7.64. The molecule has 4 saturated carbocycles. The molecule has 106 valence electrons. The van der Waals surface area contributed by atoms with Gasteiger partial charge in [-0.2, -0.15) is 0 Å². The fraction of sp³-hybridized carbons (Fsp3) is 0.625. The van der Waals surface area contributed by atoms with Crippen LogP contribution in [-0.4, -0.2) is 22.1 Å². The minimum absolute atomic E-state index is 0.341. The predicted molar refractivity (Wildman–Crippen MR) is 75.7 cm³/mol. The quantitative estimate of drug-likeness (QED) is 0.888. The van der Waals surface area contributed by atoms with Gasteiger partial charge >= 0.3 is 5.97 Å². The fourth-order valence-corrected chi connectivity index (χ4v) is 5.04. The van der Waals surface area contributed by atoms with Gasteiger partial charge in [0, 0.05) is 12.2 Å². The number of rotatable bonds is 3. The van der Waals surface area contributed by atoms with Crippen LogP contribution < -0.4 is 5.32 Å². The molecule has 5 rings (SSSR count). The zero-order valence-electron chi connectivity index (χ0n) is 11.5. The molecule has 1 aromatic rings. The summed E-state index contributed by atoms with van der Waals surface area (Å²) in [6, 6.07) is 2.03. The number of hydrogen-bond donors (Lipinski definition) is 2. The maximum Gasteiger partial charge on any atom is 0.337 e. The van der Waals surface area contributed by atoms with Crippen LogP contribution in [0.3, 0.4) is 0 Å². The number of aromatic nitrogens is 1. The molecule has 0 saturated heterocycles. The zero-order valence-corrected chi connectivity index (χ0v) is 11.5. The van der Waals surface area contributed by atoms with E-state index in [0.717, 1.165) is 23.7 Å². The Hall–Kier alpha value is -1.58. The molecule has 0 atom stereocenters. The van der Waals surface area contributed by atoms with E-state index in [2.05, 4.69) is 10.3 Å². The van der Waals surface area contributed by atoms with Gasteiger partial charge in [-0.3, -0.25) is 4.98 Å². The van der Waals surface area contributed by atoms with E-state index in [9.17, 15) is 9.90 Å². The van der Waals surface area contributed by atoms with Crippen molar-refractivity contribution >= 4 is 11.7 Å². The molecule has 2 N–H and O–H groups in total. The summed E-state index contributed by atoms with van der Waals surface area (Å²) in [4.78, 5) is 15.4. The summed E-state index contributed by atoms with van der Waals surface area (Å²) < 4.78 is 0. The Morgan fingerprint density at radius 2 is 1.80 bits per heavy atom. The second-order valence-electron chi connectivity index (χ2n) is 6.83. The Morgan fingerprint density at radius 1 is 1.15 bits per heavy atom. The summed E-state index contributed by atoms with van der Waals surface area (Å²) in [5, 5.41) is 12.8. The highest BCUT2D eigenvalue weighted by molar-refractivity contribution is 5.93. The molecule has 1 heterocycles. The van der Waals surface area contributed by atoms with Gasteiger partial charge in [-0.15, -0.1) is 0 Å². The minimum atomic E-state index is -0.876. The number of aromatic carboxylic acids is 1. The lowest BCUT2D eigenvalue weighted by molar-refractivity contribution is 0.00748. The molecule has 4 heteroatoms. The number of anilines is 1. The first kappa shape index (κ1) is 12.2. The summed E-state index contributed by atoms with van der Waals surface area (Å²) in [6.45, 7) is 0. The molecule has 4 bridgehead atoms. The van der Waals surface area contributed by atoms with E-state index < -0.39 is 5.97 Å². The van der Waals surface area contributed by atoms with Gasteiger partial charge in [-0.1, -0.05) is 0 Å². The van der Waals surface area contributed by atoms with E-state index in [4.69, 9.17) is 0 Å². The van der Waals surface area contributed by atoms with Gasteiger partial charge in [0.1, 0.15) is 0 Å². The van der Waals surface area contributed by atoms with E-state index in [1.54, 1.807) is 18.5 Å². The summed E-state index contributed by atoms with van der Waals surface area (Å²) >= 11 is 0. The molecule has 4 fully saturated rings. The van der Waals surface area contributed by atoms with Gasteiger partial charge in [0.2, 0.25) is 0 Å². The second-order valence-corrected chi connectivity index (χ2v) is 6.83. The monoisotopic (exact) mass is 272 g/mol. The SMILES string of the molecule is O=C(O)c1ccncc1NC1C2CC3CC(C2)CC1C3. The number of hydrogen-bond acceptors (Lipinski definition) is 3. The fourth-order valence-electron chi connectivity index (χ4n) is 5.04. The Labute approximate surface area is 118 Å². The highest BCUT2D eigenvalue weighted by atomic mass is 16.4. The standard InChI is InChI=1S/C16H20N2O2/c19-16(20)13-1-2-17-8-14(13)18-15-11-4-9-3-10(6-11)7-12(15)5-9/h1-2,8-12,15,18H,3-7H2,(H,19,20). The van der Waals surface area contributed by atoms with Crippen LogP contribution in [0.15, 0.2) is 18.5 Å². The Balaban J connectivity index is 1.59. The smallest absolute Gasteiger partial charge is 0.337 e. The van der Waals surface area contributed by atoms with Crippen LogP contribution in [0.25, 0.3) is 0 Å². The Kier molecular flexibility index (Phi) is 2.72. The molecular formula is C16H20N2O2. The van der Waals surface area contributed by atoms with Crippen molar-refractivity contribution in [1.82, 2.24) is 4.98 Å². The van der Waals surface area contributed by atoms with E-state index in [-0.39, 0.29) is 0 Å². The van der Waals surface area contributed by atoms with Crippen LogP contribution in [0.2, 0.25) is 0 Å². The summed E-state index contributed by atoms with van der Waals surface area (Å²) in [6.07, 6.45) is 9.95. The summed E-state index contributed by atoms with van der Waals surface area (Å²) in [7, 11) is 0. The van der Waals surface area contributed by atoms with Crippen molar-refractivity contribution in [2.45, 2.75) is 38.1 Å². The third kappa shape index (κ3) is 1.89. The zero-order chi connectivity index (χ0) is 13.7. The van der Waals surface area contributed by atoms with Gasteiger partial charge in [0.05, 0.1) is 17.4 Å². The lowest BCUT2D eigenvalue weighted by Crippen LogP contribution is -2.51. The van der Waals surface area contributed by atoms with Crippen LogP contribution in [0.5, 0.6) is 0 Å². The third-order valence-electron chi connectivity index (χ3n) is 5.60. The molecule has 1 aromatic heterocycles. The molecule has 4 nitrogen and oxygen atoms in total. The van der Waals surface area contributed by atoms with Crippen LogP contribution in [0, 0.1) is 23.7 Å². The topological polar surface area (TPSA) is 62.2 Å². The van der Waals surface area contributed by atoms with Crippen LogP contribution in [0.1, 0.15) is 42.5 Å². The number of nitrogens with one attached hydrogen (secondary N) is 1. The number of carboxylic acids is 1. The van der Waals surface area contributed by atoms with E-state index in [1.165, 1.54) is 32.1 Å². The Bertz CT molecular complexity index is 515. The molecule has 0 radical (unpaired) electrons. The first-order valence-electron chi connectivity index (χ1n) is 7.64. The van der Waals surface area contributed by atoms with Crippen molar-refractivity contribution in [3.63, 3.8) is 0 Å². The van der Waals surface area contributed by atoms with Gasteiger partial charge in [-0.25, -0.2) is 4.79 Å². The summed E-state index contributed by atoms with van der Waals surface area (Å²) in [5.41, 5.74) is 1.03. The third-order valence-corrected chi connectivity index (χ3v) is 5.60. The average Bonchev–Trinajstić information content (AvgIpc) is 2.42. The maximum atomic E-state index is 11.3. The van der Waals surface area contributed by atoms with Crippen molar-refractivity contribution in [3.05, 3.63) is 24.0 Å². The van der Waals surface area contributed by atoms with Crippen LogP contribution in [-0.2, 0) is 0 Å². The van der Waals surface area contributed by atoms with E-state index >= 15 is 0 Å². The molecule has 0 aliphatic heterocycles. The molecule has 4 aliphatic carbocycles. The minimum Gasteiger partial charge on any atom is -0.478 e. The van der Waals surface area contributed by atoms with Crippen molar-refractivity contribution in [1.29, 1.82) is 0 Å². The van der Waals surface area contributed by atoms with Crippen LogP contribution in [0.4, 0.5) is 5.69 Å². The van der Waals surface area contributed by atoms with Gasteiger partial charge in [0.15, 0.2) is 0 Å². The van der Waals surface area contributed by atoms with E-state index in [0.29, 0.717) is 17.3 Å². The van der Waals surface area contributed by atoms with Gasteiger partial charge < -0.3 is 10.4 Å². The van der Waals surface area contributed by atoms with Crippen molar-refractivity contribution in [3.8, 4) is 0 Å². The maximum absolute atomic E-state index is 11.3. The van der Waals surface area contributed by atoms with Crippen molar-refractivity contribution < 1.29 is 9.90 Å². The van der Waals surface area contributed by atoms with Gasteiger partial charge in [0.25, 0.3) is 0 Å². The number of carbonyl (C=O) groups is 1. The Morgan fingerprint density at radius 3 is 2.40 bits per heavy atom. The highest BCUT2D eigenvalue weighted by Crippen LogP contribution is 2.54. The molecule has 0 amide bonds. The van der Waals surface area contributed by atoms with Crippen molar-refractivity contribution in [2.24, 2.45) is 23.7 Å². The predicted octanol–water partition coefficient (Wildman–Crippen LogP) is 3.02. The normalized spacial score (nSPS) is 37.9.